The molecule has 0 bridgehead atoms. The highest BCUT2D eigenvalue weighted by Crippen LogP contribution is 2.31. The van der Waals surface area contributed by atoms with Crippen molar-refractivity contribution in [3.8, 4) is 5.75 Å². The van der Waals surface area contributed by atoms with E-state index >= 15 is 0 Å². The van der Waals surface area contributed by atoms with Gasteiger partial charge in [0.25, 0.3) is 0 Å². The average Bonchev–Trinajstić information content (AvgIpc) is 2.16. The molecule has 0 radical (unpaired) electrons. The molecule has 2 N–H and O–H groups in total. The molecular weight excluding hydrogens is 243 g/mol. The SMILES string of the molecule is CCOc1cccc([C@@H](N)C(F)(F)F)c1.Cl. The molecule has 0 heterocycles. The number of hydrogen-bond donors (Lipinski definition) is 1. The van der Waals surface area contributed by atoms with Gasteiger partial charge in [-0.1, -0.05) is 12.1 Å². The lowest BCUT2D eigenvalue weighted by atomic mass is 10.1. The van der Waals surface area contributed by atoms with Crippen LogP contribution in [0.2, 0.25) is 0 Å². The van der Waals surface area contributed by atoms with Crippen molar-refractivity contribution in [1.82, 2.24) is 0 Å². The maximum atomic E-state index is 12.3. The lowest BCUT2D eigenvalue weighted by Crippen LogP contribution is -2.28. The van der Waals surface area contributed by atoms with Gasteiger partial charge in [-0.2, -0.15) is 13.2 Å². The number of rotatable bonds is 3. The van der Waals surface area contributed by atoms with Crippen molar-refractivity contribution in [1.29, 1.82) is 0 Å². The summed E-state index contributed by atoms with van der Waals surface area (Å²) < 4.78 is 41.9. The average molecular weight is 256 g/mol. The van der Waals surface area contributed by atoms with E-state index in [-0.39, 0.29) is 18.0 Å². The number of nitrogens with two attached hydrogens (primary N) is 1. The predicted octanol–water partition coefficient (Wildman–Crippen LogP) is 3.07. The first-order valence-electron chi connectivity index (χ1n) is 4.50. The molecule has 16 heavy (non-hydrogen) atoms. The van der Waals surface area contributed by atoms with Crippen LogP contribution in [0.5, 0.6) is 5.75 Å². The first kappa shape index (κ1) is 15.1. The van der Waals surface area contributed by atoms with Crippen LogP contribution < -0.4 is 10.5 Å². The second kappa shape index (κ2) is 5.96. The molecule has 1 rings (SSSR count). The van der Waals surface area contributed by atoms with Crippen molar-refractivity contribution in [2.24, 2.45) is 5.73 Å². The molecule has 0 amide bonds. The zero-order valence-electron chi connectivity index (χ0n) is 8.62. The third kappa shape index (κ3) is 3.90. The minimum atomic E-state index is -4.43. The van der Waals surface area contributed by atoms with Crippen molar-refractivity contribution in [2.75, 3.05) is 6.61 Å². The summed E-state index contributed by atoms with van der Waals surface area (Å²) in [6.07, 6.45) is -4.43. The summed E-state index contributed by atoms with van der Waals surface area (Å²) in [7, 11) is 0. The highest BCUT2D eigenvalue weighted by atomic mass is 35.5. The first-order chi connectivity index (χ1) is 6.95. The molecule has 0 aromatic heterocycles. The zero-order valence-corrected chi connectivity index (χ0v) is 9.44. The fourth-order valence-corrected chi connectivity index (χ4v) is 1.15. The van der Waals surface area contributed by atoms with E-state index in [1.807, 2.05) is 0 Å². The van der Waals surface area contributed by atoms with Crippen LogP contribution in [0.1, 0.15) is 18.5 Å². The number of hydrogen-bond acceptors (Lipinski definition) is 2. The smallest absolute Gasteiger partial charge is 0.407 e. The van der Waals surface area contributed by atoms with E-state index in [9.17, 15) is 13.2 Å². The fraction of sp³-hybridized carbons (Fsp3) is 0.400. The van der Waals surface area contributed by atoms with Gasteiger partial charge in [0, 0.05) is 0 Å². The Kier molecular flexibility index (Phi) is 5.61. The van der Waals surface area contributed by atoms with E-state index in [1.165, 1.54) is 18.2 Å². The highest BCUT2D eigenvalue weighted by molar-refractivity contribution is 5.85. The lowest BCUT2D eigenvalue weighted by Gasteiger charge is -2.16. The van der Waals surface area contributed by atoms with Crippen molar-refractivity contribution < 1.29 is 17.9 Å². The van der Waals surface area contributed by atoms with Crippen LogP contribution in [0.25, 0.3) is 0 Å². The fourth-order valence-electron chi connectivity index (χ4n) is 1.15. The summed E-state index contributed by atoms with van der Waals surface area (Å²) in [6, 6.07) is 3.77. The van der Waals surface area contributed by atoms with Gasteiger partial charge in [0.05, 0.1) is 6.61 Å². The van der Waals surface area contributed by atoms with E-state index in [0.717, 1.165) is 0 Å². The summed E-state index contributed by atoms with van der Waals surface area (Å²) in [5.41, 5.74) is 5.06. The van der Waals surface area contributed by atoms with E-state index < -0.39 is 12.2 Å². The van der Waals surface area contributed by atoms with Crippen molar-refractivity contribution in [2.45, 2.75) is 19.1 Å². The Balaban J connectivity index is 0.00000225. The first-order valence-corrected chi connectivity index (χ1v) is 4.50. The second-order valence-electron chi connectivity index (χ2n) is 3.02. The molecule has 1 aromatic carbocycles. The predicted molar refractivity (Wildman–Crippen MR) is 57.8 cm³/mol. The molecule has 1 atom stereocenters. The van der Waals surface area contributed by atoms with Crippen molar-refractivity contribution in [3.63, 3.8) is 0 Å². The van der Waals surface area contributed by atoms with Crippen LogP contribution in [0.15, 0.2) is 24.3 Å². The molecule has 6 heteroatoms. The monoisotopic (exact) mass is 255 g/mol. The quantitative estimate of drug-likeness (QED) is 0.901. The van der Waals surface area contributed by atoms with E-state index in [2.05, 4.69) is 0 Å². The minimum absolute atomic E-state index is 0. The minimum Gasteiger partial charge on any atom is -0.494 e. The van der Waals surface area contributed by atoms with Crippen LogP contribution in [-0.4, -0.2) is 12.8 Å². The highest BCUT2D eigenvalue weighted by Gasteiger charge is 2.37. The van der Waals surface area contributed by atoms with Gasteiger partial charge in [-0.05, 0) is 24.6 Å². The Hall–Kier alpha value is -0.940. The Morgan fingerprint density at radius 1 is 1.38 bits per heavy atom. The Morgan fingerprint density at radius 2 is 2.00 bits per heavy atom. The molecule has 0 unspecified atom stereocenters. The van der Waals surface area contributed by atoms with E-state index in [0.29, 0.717) is 12.4 Å². The molecule has 2 nitrogen and oxygen atoms in total. The zero-order chi connectivity index (χ0) is 11.5. The van der Waals surface area contributed by atoms with Crippen LogP contribution in [0.3, 0.4) is 0 Å². The number of ether oxygens (including phenoxy) is 1. The number of alkyl halides is 3. The van der Waals surface area contributed by atoms with Crippen molar-refractivity contribution in [3.05, 3.63) is 29.8 Å². The molecule has 0 aliphatic heterocycles. The largest absolute Gasteiger partial charge is 0.494 e. The van der Waals surface area contributed by atoms with Gasteiger partial charge in [-0.3, -0.25) is 0 Å². The summed E-state index contributed by atoms with van der Waals surface area (Å²) in [4.78, 5) is 0. The van der Waals surface area contributed by atoms with Gasteiger partial charge in [-0.25, -0.2) is 0 Å². The molecule has 0 spiro atoms. The van der Waals surface area contributed by atoms with Crippen molar-refractivity contribution >= 4 is 12.4 Å². The topological polar surface area (TPSA) is 35.2 Å². The van der Waals surface area contributed by atoms with Crippen LogP contribution in [-0.2, 0) is 0 Å². The molecule has 0 aliphatic carbocycles. The number of benzene rings is 1. The standard InChI is InChI=1S/C10H12F3NO.ClH/c1-2-15-8-5-3-4-7(6-8)9(14)10(11,12)13;/h3-6,9H,2,14H2,1H3;1H/t9-;/m1./s1. The molecular formula is C10H13ClF3NO. The third-order valence-electron chi connectivity index (χ3n) is 1.88. The van der Waals surface area contributed by atoms with Gasteiger partial charge >= 0.3 is 6.18 Å². The maximum Gasteiger partial charge on any atom is 0.407 e. The van der Waals surface area contributed by atoms with Crippen LogP contribution in [0, 0.1) is 0 Å². The molecule has 0 saturated heterocycles. The summed E-state index contributed by atoms with van der Waals surface area (Å²) in [5, 5.41) is 0. The molecule has 1 aromatic rings. The van der Waals surface area contributed by atoms with Crippen LogP contribution in [0.4, 0.5) is 13.2 Å². The molecule has 0 saturated carbocycles. The summed E-state index contributed by atoms with van der Waals surface area (Å²) in [5.74, 6) is 0.398. The number of halogens is 4. The normalized spacial score (nSPS) is 12.8. The van der Waals surface area contributed by atoms with Gasteiger partial charge < -0.3 is 10.5 Å². The molecule has 0 aliphatic rings. The van der Waals surface area contributed by atoms with Crippen LogP contribution >= 0.6 is 12.4 Å². The second-order valence-corrected chi connectivity index (χ2v) is 3.02. The van der Waals surface area contributed by atoms with Gasteiger partial charge in [-0.15, -0.1) is 12.4 Å². The van der Waals surface area contributed by atoms with Gasteiger partial charge in [0.1, 0.15) is 11.8 Å². The summed E-state index contributed by atoms with van der Waals surface area (Å²) in [6.45, 7) is 2.17. The van der Waals surface area contributed by atoms with Gasteiger partial charge in [0.15, 0.2) is 0 Å². The van der Waals surface area contributed by atoms with Gasteiger partial charge in [0.2, 0.25) is 0 Å². The molecule has 0 fully saturated rings. The third-order valence-corrected chi connectivity index (χ3v) is 1.88. The maximum absolute atomic E-state index is 12.3. The Labute approximate surface area is 98.0 Å². The Morgan fingerprint density at radius 3 is 2.50 bits per heavy atom. The Bertz CT molecular complexity index is 330. The summed E-state index contributed by atoms with van der Waals surface area (Å²) >= 11 is 0. The molecule has 92 valence electrons. The van der Waals surface area contributed by atoms with E-state index in [1.54, 1.807) is 13.0 Å². The lowest BCUT2D eigenvalue weighted by molar-refractivity contribution is -0.149. The van der Waals surface area contributed by atoms with E-state index in [4.69, 9.17) is 10.5 Å².